The van der Waals surface area contributed by atoms with E-state index in [-0.39, 0.29) is 18.5 Å². The fraction of sp³-hybridized carbons (Fsp3) is 0.263. The number of nitrogens with zero attached hydrogens (tertiary/aromatic N) is 2. The molecule has 0 fully saturated rings. The zero-order valence-electron chi connectivity index (χ0n) is 14.8. The molecule has 0 aliphatic carbocycles. The van der Waals surface area contributed by atoms with Crippen LogP contribution in [0.25, 0.3) is 10.2 Å². The number of amides is 1. The maximum absolute atomic E-state index is 13.1. The van der Waals surface area contributed by atoms with E-state index in [4.69, 9.17) is 10.8 Å². The van der Waals surface area contributed by atoms with Crippen LogP contribution in [0.2, 0.25) is 0 Å². The Balaban J connectivity index is 2.13. The number of aliphatic carboxylic acids is 1. The number of hydrogen-bond donors (Lipinski definition) is 2. The second-order valence-electron chi connectivity index (χ2n) is 6.25. The number of benzene rings is 1. The molecule has 0 bridgehead atoms. The molecule has 2 aromatic heterocycles. The standard InChI is InChI=1S/C19H19N3O4S/c1-11-15-18(27-16(11)17(20)25)21-13(10-12-6-3-2-4-7-12)22(19(15)26)9-5-8-14(23)24/h2-4,6-7H,5,8-10H2,1H3,(H2,20,25)(H,23,24). The summed E-state index contributed by atoms with van der Waals surface area (Å²) in [4.78, 5) is 41.0. The monoisotopic (exact) mass is 385 g/mol. The van der Waals surface area contributed by atoms with Crippen molar-refractivity contribution in [3.8, 4) is 0 Å². The van der Waals surface area contributed by atoms with E-state index in [1.165, 1.54) is 4.57 Å². The normalized spacial score (nSPS) is 11.0. The third-order valence-corrected chi connectivity index (χ3v) is 5.53. The quantitative estimate of drug-likeness (QED) is 0.648. The number of aromatic nitrogens is 2. The number of carboxylic acid groups (broad SMARTS) is 1. The summed E-state index contributed by atoms with van der Waals surface area (Å²) in [6.45, 7) is 1.93. The van der Waals surface area contributed by atoms with E-state index in [1.54, 1.807) is 6.92 Å². The largest absolute Gasteiger partial charge is 0.481 e. The molecular formula is C19H19N3O4S. The number of nitrogens with two attached hydrogens (primary N) is 1. The number of carboxylic acids is 1. The van der Waals surface area contributed by atoms with E-state index in [9.17, 15) is 14.4 Å². The van der Waals surface area contributed by atoms with Gasteiger partial charge in [0.1, 0.15) is 10.7 Å². The molecule has 0 aliphatic rings. The Hall–Kier alpha value is -3.00. The highest BCUT2D eigenvalue weighted by molar-refractivity contribution is 7.20. The number of fused-ring (bicyclic) bond motifs is 1. The third-order valence-electron chi connectivity index (χ3n) is 4.33. The van der Waals surface area contributed by atoms with Gasteiger partial charge in [-0.15, -0.1) is 11.3 Å². The number of thiophene rings is 1. The van der Waals surface area contributed by atoms with Gasteiger partial charge in [0.2, 0.25) is 0 Å². The molecule has 8 heteroatoms. The van der Waals surface area contributed by atoms with Gasteiger partial charge in [0.15, 0.2) is 0 Å². The van der Waals surface area contributed by atoms with E-state index >= 15 is 0 Å². The van der Waals surface area contributed by atoms with Gasteiger partial charge in [-0.3, -0.25) is 19.0 Å². The van der Waals surface area contributed by atoms with Crippen LogP contribution in [0.1, 0.15) is 39.5 Å². The Morgan fingerprint density at radius 3 is 2.59 bits per heavy atom. The van der Waals surface area contributed by atoms with Gasteiger partial charge in [0, 0.05) is 19.4 Å². The van der Waals surface area contributed by atoms with E-state index in [2.05, 4.69) is 4.98 Å². The van der Waals surface area contributed by atoms with Crippen molar-refractivity contribution in [1.29, 1.82) is 0 Å². The molecule has 1 aromatic carbocycles. The smallest absolute Gasteiger partial charge is 0.303 e. The maximum atomic E-state index is 13.1. The van der Waals surface area contributed by atoms with Gasteiger partial charge in [-0.25, -0.2) is 4.98 Å². The average Bonchev–Trinajstić information content (AvgIpc) is 2.95. The Kier molecular flexibility index (Phi) is 5.36. The summed E-state index contributed by atoms with van der Waals surface area (Å²) in [5, 5.41) is 9.27. The lowest BCUT2D eigenvalue weighted by atomic mass is 10.1. The molecule has 3 rings (SSSR count). The molecule has 1 amide bonds. The number of carbonyl (C=O) groups excluding carboxylic acids is 1. The van der Waals surface area contributed by atoms with Crippen LogP contribution in [0.15, 0.2) is 35.1 Å². The first-order valence-corrected chi connectivity index (χ1v) is 9.28. The summed E-state index contributed by atoms with van der Waals surface area (Å²) in [5.74, 6) is -0.956. The van der Waals surface area contributed by atoms with Gasteiger partial charge in [-0.05, 0) is 24.5 Å². The van der Waals surface area contributed by atoms with Gasteiger partial charge in [0.25, 0.3) is 11.5 Å². The van der Waals surface area contributed by atoms with Crippen LogP contribution in [0, 0.1) is 6.92 Å². The maximum Gasteiger partial charge on any atom is 0.303 e. The molecule has 0 atom stereocenters. The summed E-state index contributed by atoms with van der Waals surface area (Å²) < 4.78 is 1.52. The predicted molar refractivity (Wildman–Crippen MR) is 103 cm³/mol. The minimum Gasteiger partial charge on any atom is -0.481 e. The van der Waals surface area contributed by atoms with Crippen molar-refractivity contribution in [2.45, 2.75) is 32.7 Å². The van der Waals surface area contributed by atoms with Gasteiger partial charge < -0.3 is 10.8 Å². The molecule has 2 heterocycles. The minimum absolute atomic E-state index is 0.0373. The van der Waals surface area contributed by atoms with E-state index < -0.39 is 11.9 Å². The summed E-state index contributed by atoms with van der Waals surface area (Å²) in [6.07, 6.45) is 0.711. The van der Waals surface area contributed by atoms with Crippen LogP contribution < -0.4 is 11.3 Å². The molecule has 140 valence electrons. The van der Waals surface area contributed by atoms with Gasteiger partial charge in [0.05, 0.1) is 10.3 Å². The lowest BCUT2D eigenvalue weighted by Crippen LogP contribution is -2.26. The Morgan fingerprint density at radius 1 is 1.26 bits per heavy atom. The molecule has 3 N–H and O–H groups in total. The number of carbonyl (C=O) groups is 2. The fourth-order valence-corrected chi connectivity index (χ4v) is 4.07. The molecule has 0 radical (unpaired) electrons. The van der Waals surface area contributed by atoms with Crippen molar-refractivity contribution in [2.24, 2.45) is 5.73 Å². The third kappa shape index (κ3) is 3.90. The van der Waals surface area contributed by atoms with E-state index in [0.717, 1.165) is 16.9 Å². The molecular weight excluding hydrogens is 366 g/mol. The number of hydrogen-bond acceptors (Lipinski definition) is 5. The van der Waals surface area contributed by atoms with Crippen LogP contribution in [0.4, 0.5) is 0 Å². The summed E-state index contributed by atoms with van der Waals surface area (Å²) in [7, 11) is 0. The van der Waals surface area contributed by atoms with Crippen LogP contribution in [-0.4, -0.2) is 26.5 Å². The summed E-state index contributed by atoms with van der Waals surface area (Å²) in [6, 6.07) is 9.59. The van der Waals surface area contributed by atoms with Crippen molar-refractivity contribution < 1.29 is 14.7 Å². The van der Waals surface area contributed by atoms with Crippen molar-refractivity contribution in [3.63, 3.8) is 0 Å². The Bertz CT molecular complexity index is 1070. The average molecular weight is 385 g/mol. The topological polar surface area (TPSA) is 115 Å². The molecule has 3 aromatic rings. The van der Waals surface area contributed by atoms with E-state index in [0.29, 0.717) is 39.3 Å². The van der Waals surface area contributed by atoms with Crippen molar-refractivity contribution in [3.05, 3.63) is 62.5 Å². The molecule has 0 saturated carbocycles. The Morgan fingerprint density at radius 2 is 1.96 bits per heavy atom. The van der Waals surface area contributed by atoms with Gasteiger partial charge >= 0.3 is 5.97 Å². The zero-order chi connectivity index (χ0) is 19.6. The molecule has 0 spiro atoms. The lowest BCUT2D eigenvalue weighted by Gasteiger charge is -2.12. The molecule has 7 nitrogen and oxygen atoms in total. The highest BCUT2D eigenvalue weighted by Crippen LogP contribution is 2.27. The highest BCUT2D eigenvalue weighted by atomic mass is 32.1. The van der Waals surface area contributed by atoms with Crippen LogP contribution in [-0.2, 0) is 17.8 Å². The Labute approximate surface area is 159 Å². The first-order chi connectivity index (χ1) is 12.9. The van der Waals surface area contributed by atoms with Crippen LogP contribution in [0.3, 0.4) is 0 Å². The predicted octanol–water partition coefficient (Wildman–Crippen LogP) is 2.32. The minimum atomic E-state index is -0.913. The van der Waals surface area contributed by atoms with Gasteiger partial charge in [-0.2, -0.15) is 0 Å². The number of aryl methyl sites for hydroxylation is 1. The summed E-state index contributed by atoms with van der Waals surface area (Å²) in [5.41, 5.74) is 6.66. The lowest BCUT2D eigenvalue weighted by molar-refractivity contribution is -0.137. The first-order valence-electron chi connectivity index (χ1n) is 8.46. The summed E-state index contributed by atoms with van der Waals surface area (Å²) >= 11 is 1.12. The second kappa shape index (κ2) is 7.71. The first kappa shape index (κ1) is 18.8. The van der Waals surface area contributed by atoms with Crippen LogP contribution >= 0.6 is 11.3 Å². The number of primary amides is 1. The molecule has 0 unspecified atom stereocenters. The molecule has 27 heavy (non-hydrogen) atoms. The second-order valence-corrected chi connectivity index (χ2v) is 7.24. The SMILES string of the molecule is Cc1c(C(N)=O)sc2nc(Cc3ccccc3)n(CCCC(=O)O)c(=O)c12. The molecule has 0 aliphatic heterocycles. The van der Waals surface area contributed by atoms with E-state index in [1.807, 2.05) is 30.3 Å². The highest BCUT2D eigenvalue weighted by Gasteiger charge is 2.20. The van der Waals surface area contributed by atoms with Crippen LogP contribution in [0.5, 0.6) is 0 Å². The van der Waals surface area contributed by atoms with Crippen molar-refractivity contribution in [1.82, 2.24) is 9.55 Å². The van der Waals surface area contributed by atoms with Crippen molar-refractivity contribution >= 4 is 33.4 Å². The fourth-order valence-electron chi connectivity index (χ4n) is 3.03. The number of rotatable bonds is 7. The zero-order valence-corrected chi connectivity index (χ0v) is 15.6. The van der Waals surface area contributed by atoms with Crippen molar-refractivity contribution in [2.75, 3.05) is 0 Å². The van der Waals surface area contributed by atoms with Gasteiger partial charge in [-0.1, -0.05) is 30.3 Å². The molecule has 0 saturated heterocycles.